The second kappa shape index (κ2) is 5.32. The maximum absolute atomic E-state index is 13.1. The van der Waals surface area contributed by atoms with E-state index in [4.69, 9.17) is 22.2 Å². The molecule has 0 amide bonds. The highest BCUT2D eigenvalue weighted by Crippen LogP contribution is 2.30. The zero-order valence-electron chi connectivity index (χ0n) is 10.5. The van der Waals surface area contributed by atoms with Gasteiger partial charge in [0.25, 0.3) is 0 Å². The second-order valence-corrected chi connectivity index (χ2v) is 4.80. The number of nitrogens with two attached hydrogens (primary N) is 1. The van der Waals surface area contributed by atoms with Gasteiger partial charge in [0.05, 0.1) is 23.9 Å². The predicted molar refractivity (Wildman–Crippen MR) is 73.6 cm³/mol. The van der Waals surface area contributed by atoms with Gasteiger partial charge in [-0.1, -0.05) is 11.6 Å². The third kappa shape index (κ3) is 2.33. The Bertz CT molecular complexity index is 648. The molecule has 2 heterocycles. The van der Waals surface area contributed by atoms with Crippen molar-refractivity contribution in [3.8, 4) is 11.4 Å². The molecule has 0 spiro atoms. The van der Waals surface area contributed by atoms with E-state index in [2.05, 4.69) is 15.4 Å². The summed E-state index contributed by atoms with van der Waals surface area (Å²) >= 11 is 6.05. The molecule has 5 nitrogen and oxygen atoms in total. The molecule has 3 rings (SSSR count). The lowest BCUT2D eigenvalue weighted by atomic mass is 10.1. The van der Waals surface area contributed by atoms with Gasteiger partial charge in [-0.15, -0.1) is 0 Å². The van der Waals surface area contributed by atoms with E-state index in [1.165, 1.54) is 12.1 Å². The van der Waals surface area contributed by atoms with Crippen LogP contribution in [0.3, 0.4) is 0 Å². The summed E-state index contributed by atoms with van der Waals surface area (Å²) in [4.78, 5) is 8.82. The van der Waals surface area contributed by atoms with Crippen LogP contribution in [-0.2, 0) is 17.8 Å². The summed E-state index contributed by atoms with van der Waals surface area (Å²) in [5.74, 6) is 6.02. The number of anilines is 1. The van der Waals surface area contributed by atoms with Crippen LogP contribution in [0.4, 0.5) is 10.2 Å². The molecule has 0 fully saturated rings. The van der Waals surface area contributed by atoms with Crippen LogP contribution in [0.15, 0.2) is 18.2 Å². The lowest BCUT2D eigenvalue weighted by Gasteiger charge is -2.19. The van der Waals surface area contributed by atoms with Crippen LogP contribution in [-0.4, -0.2) is 16.6 Å². The van der Waals surface area contributed by atoms with Gasteiger partial charge in [0, 0.05) is 17.5 Å². The number of hydrogen-bond donors (Lipinski definition) is 2. The van der Waals surface area contributed by atoms with Gasteiger partial charge in [-0.25, -0.2) is 20.2 Å². The third-order valence-corrected chi connectivity index (χ3v) is 3.44. The van der Waals surface area contributed by atoms with Gasteiger partial charge < -0.3 is 10.2 Å². The number of ether oxygens (including phenoxy) is 1. The molecule has 0 aliphatic carbocycles. The molecule has 0 unspecified atom stereocenters. The number of halogens is 2. The minimum atomic E-state index is -0.401. The SMILES string of the molecule is NNc1nc(-c2ccc(F)cc2Cl)nc2c1COCC2. The third-order valence-electron chi connectivity index (χ3n) is 3.13. The van der Waals surface area contributed by atoms with Crippen LogP contribution in [0.5, 0.6) is 0 Å². The Kier molecular flexibility index (Phi) is 3.52. The number of hydrazine groups is 1. The summed E-state index contributed by atoms with van der Waals surface area (Å²) in [6.45, 7) is 1.02. The van der Waals surface area contributed by atoms with Crippen molar-refractivity contribution in [1.29, 1.82) is 0 Å². The first-order chi connectivity index (χ1) is 9.69. The van der Waals surface area contributed by atoms with E-state index in [1.54, 1.807) is 6.07 Å². The minimum absolute atomic E-state index is 0.264. The second-order valence-electron chi connectivity index (χ2n) is 4.39. The van der Waals surface area contributed by atoms with Crippen molar-refractivity contribution in [2.75, 3.05) is 12.0 Å². The van der Waals surface area contributed by atoms with Gasteiger partial charge in [0.1, 0.15) is 11.6 Å². The molecule has 1 aliphatic heterocycles. The van der Waals surface area contributed by atoms with Crippen molar-refractivity contribution in [2.45, 2.75) is 13.0 Å². The average Bonchev–Trinajstić information content (AvgIpc) is 2.46. The summed E-state index contributed by atoms with van der Waals surface area (Å²) < 4.78 is 18.5. The molecular weight excluding hydrogens is 283 g/mol. The Morgan fingerprint density at radius 2 is 2.20 bits per heavy atom. The molecular formula is C13H12ClFN4O. The molecule has 0 saturated heterocycles. The van der Waals surface area contributed by atoms with E-state index < -0.39 is 5.82 Å². The predicted octanol–water partition coefficient (Wildman–Crippen LogP) is 2.29. The van der Waals surface area contributed by atoms with E-state index in [9.17, 15) is 4.39 Å². The highest BCUT2D eigenvalue weighted by atomic mass is 35.5. The van der Waals surface area contributed by atoms with Crippen molar-refractivity contribution in [1.82, 2.24) is 9.97 Å². The zero-order chi connectivity index (χ0) is 14.1. The smallest absolute Gasteiger partial charge is 0.163 e. The lowest BCUT2D eigenvalue weighted by Crippen LogP contribution is -2.19. The fraction of sp³-hybridized carbons (Fsp3) is 0.231. The van der Waals surface area contributed by atoms with Crippen LogP contribution in [0, 0.1) is 5.82 Å². The van der Waals surface area contributed by atoms with Crippen LogP contribution < -0.4 is 11.3 Å². The van der Waals surface area contributed by atoms with Crippen molar-refractivity contribution in [3.63, 3.8) is 0 Å². The molecule has 104 valence electrons. The highest BCUT2D eigenvalue weighted by molar-refractivity contribution is 6.33. The van der Waals surface area contributed by atoms with Crippen molar-refractivity contribution < 1.29 is 9.13 Å². The molecule has 7 heteroatoms. The minimum Gasteiger partial charge on any atom is -0.376 e. The molecule has 2 aromatic rings. The Morgan fingerprint density at radius 3 is 2.95 bits per heavy atom. The van der Waals surface area contributed by atoms with E-state index >= 15 is 0 Å². The van der Waals surface area contributed by atoms with Gasteiger partial charge in [-0.05, 0) is 18.2 Å². The Balaban J connectivity index is 2.14. The molecule has 0 radical (unpaired) electrons. The van der Waals surface area contributed by atoms with Crippen molar-refractivity contribution in [3.05, 3.63) is 40.3 Å². The highest BCUT2D eigenvalue weighted by Gasteiger charge is 2.19. The van der Waals surface area contributed by atoms with Gasteiger partial charge >= 0.3 is 0 Å². The summed E-state index contributed by atoms with van der Waals surface area (Å²) in [7, 11) is 0. The van der Waals surface area contributed by atoms with E-state index in [1.807, 2.05) is 0 Å². The monoisotopic (exact) mass is 294 g/mol. The summed E-state index contributed by atoms with van der Waals surface area (Å²) in [6.07, 6.45) is 0.679. The maximum Gasteiger partial charge on any atom is 0.163 e. The molecule has 3 N–H and O–H groups in total. The Hall–Kier alpha value is -1.76. The number of nitrogen functional groups attached to an aromatic ring is 1. The van der Waals surface area contributed by atoms with Gasteiger partial charge in [-0.3, -0.25) is 0 Å². The summed E-state index contributed by atoms with van der Waals surface area (Å²) in [5.41, 5.74) is 4.83. The number of fused-ring (bicyclic) bond motifs is 1. The molecule has 0 bridgehead atoms. The average molecular weight is 295 g/mol. The van der Waals surface area contributed by atoms with Gasteiger partial charge in [-0.2, -0.15) is 0 Å². The van der Waals surface area contributed by atoms with E-state index in [-0.39, 0.29) is 5.02 Å². The van der Waals surface area contributed by atoms with Crippen molar-refractivity contribution >= 4 is 17.4 Å². The van der Waals surface area contributed by atoms with Crippen LogP contribution in [0.25, 0.3) is 11.4 Å². The quantitative estimate of drug-likeness (QED) is 0.657. The molecule has 1 aliphatic rings. The van der Waals surface area contributed by atoms with Crippen LogP contribution in [0.2, 0.25) is 5.02 Å². The van der Waals surface area contributed by atoms with Crippen LogP contribution in [0.1, 0.15) is 11.3 Å². The maximum atomic E-state index is 13.1. The first-order valence-corrected chi connectivity index (χ1v) is 6.46. The summed E-state index contributed by atoms with van der Waals surface area (Å²) in [6, 6.07) is 4.11. The zero-order valence-corrected chi connectivity index (χ0v) is 11.2. The fourth-order valence-corrected chi connectivity index (χ4v) is 2.39. The first kappa shape index (κ1) is 13.2. The number of hydrogen-bond acceptors (Lipinski definition) is 5. The van der Waals surface area contributed by atoms with Gasteiger partial charge in [0.15, 0.2) is 5.82 Å². The molecule has 20 heavy (non-hydrogen) atoms. The number of aromatic nitrogens is 2. The van der Waals surface area contributed by atoms with Gasteiger partial charge in [0.2, 0.25) is 0 Å². The molecule has 0 atom stereocenters. The number of nitrogens with one attached hydrogen (secondary N) is 1. The number of benzene rings is 1. The van der Waals surface area contributed by atoms with Crippen LogP contribution >= 0.6 is 11.6 Å². The standard InChI is InChI=1S/C13H12ClFN4O/c14-10-5-7(15)1-2-8(10)12-17-11-3-4-20-6-9(11)13(18-12)19-16/h1-2,5H,3-4,6,16H2,(H,17,18,19). The normalized spacial score (nSPS) is 13.9. The molecule has 1 aromatic heterocycles. The Morgan fingerprint density at radius 1 is 1.35 bits per heavy atom. The van der Waals surface area contributed by atoms with Crippen molar-refractivity contribution in [2.24, 2.45) is 5.84 Å². The largest absolute Gasteiger partial charge is 0.376 e. The summed E-state index contributed by atoms with van der Waals surface area (Å²) in [5, 5.41) is 0.264. The molecule has 0 saturated carbocycles. The van der Waals surface area contributed by atoms with E-state index in [0.717, 1.165) is 11.3 Å². The number of rotatable bonds is 2. The Labute approximate surface area is 119 Å². The first-order valence-electron chi connectivity index (χ1n) is 6.08. The fourth-order valence-electron chi connectivity index (χ4n) is 2.14. The van der Waals surface area contributed by atoms with E-state index in [0.29, 0.717) is 36.8 Å². The molecule has 1 aromatic carbocycles. The number of nitrogens with zero attached hydrogens (tertiary/aromatic N) is 2. The lowest BCUT2D eigenvalue weighted by molar-refractivity contribution is 0.109. The topological polar surface area (TPSA) is 73.1 Å².